The van der Waals surface area contributed by atoms with Gasteiger partial charge in [-0.2, -0.15) is 0 Å². The third-order valence-corrected chi connectivity index (χ3v) is 5.90. The Kier molecular flexibility index (Phi) is 2.87. The van der Waals surface area contributed by atoms with E-state index < -0.39 is 0 Å². The number of nitrogens with one attached hydrogen (secondary N) is 1. The Morgan fingerprint density at radius 2 is 1.50 bits per heavy atom. The quantitative estimate of drug-likeness (QED) is 0.425. The van der Waals surface area contributed by atoms with Crippen LogP contribution in [0, 0.1) is 0 Å². The third kappa shape index (κ3) is 1.99. The van der Waals surface area contributed by atoms with Crippen LogP contribution in [-0.2, 0) is 6.42 Å². The van der Waals surface area contributed by atoms with E-state index in [1.165, 1.54) is 50.6 Å². The summed E-state index contributed by atoms with van der Waals surface area (Å²) in [5.41, 5.74) is 5.75. The second kappa shape index (κ2) is 5.25. The molecule has 1 N–H and O–H groups in total. The average Bonchev–Trinajstić information content (AvgIpc) is 3.43. The van der Waals surface area contributed by atoms with Crippen molar-refractivity contribution in [3.05, 3.63) is 83.9 Å². The molecule has 4 aromatic rings. The number of anilines is 2. The van der Waals surface area contributed by atoms with Crippen LogP contribution in [-0.4, -0.2) is 13.1 Å². The highest BCUT2D eigenvalue weighted by molar-refractivity contribution is 6.02. The molecular formula is C24H20N2. The molecule has 1 unspecified atom stereocenters. The molecule has 0 aromatic heterocycles. The lowest BCUT2D eigenvalue weighted by Gasteiger charge is -2.18. The molecule has 1 atom stereocenters. The monoisotopic (exact) mass is 336 g/mol. The molecule has 0 radical (unpaired) electrons. The standard InChI is InChI=1S/C12H9N.C12H11N/c1-3-8-4-2-6-10-12(8)9(5-1)11-7-13(10)11;1-3-9-5-2-6-11-12(9)10(4-1)7-8-13-11/h1-6,11H,7H2;1-6,13H,7-8H2. The number of hydrogen-bond donors (Lipinski definition) is 1. The van der Waals surface area contributed by atoms with Crippen LogP contribution in [0.3, 0.4) is 0 Å². The van der Waals surface area contributed by atoms with Crippen LogP contribution in [0.25, 0.3) is 21.5 Å². The lowest BCUT2D eigenvalue weighted by atomic mass is 9.98. The van der Waals surface area contributed by atoms with Crippen LogP contribution in [0.1, 0.15) is 17.2 Å². The van der Waals surface area contributed by atoms with Crippen molar-refractivity contribution >= 4 is 32.9 Å². The Hall–Kier alpha value is -3.00. The Morgan fingerprint density at radius 3 is 2.38 bits per heavy atom. The summed E-state index contributed by atoms with van der Waals surface area (Å²) in [6, 6.07) is 26.9. The van der Waals surface area contributed by atoms with Gasteiger partial charge < -0.3 is 10.2 Å². The summed E-state index contributed by atoms with van der Waals surface area (Å²) in [4.78, 5) is 2.47. The molecule has 1 saturated heterocycles. The number of hydrogen-bond acceptors (Lipinski definition) is 2. The highest BCUT2D eigenvalue weighted by Crippen LogP contribution is 2.52. The summed E-state index contributed by atoms with van der Waals surface area (Å²) < 4.78 is 0. The predicted molar refractivity (Wildman–Crippen MR) is 110 cm³/mol. The molecule has 7 rings (SSSR count). The normalized spacial score (nSPS) is 18.2. The van der Waals surface area contributed by atoms with Crippen molar-refractivity contribution in [3.63, 3.8) is 0 Å². The zero-order valence-electron chi connectivity index (χ0n) is 14.6. The van der Waals surface area contributed by atoms with Gasteiger partial charge in [0.1, 0.15) is 0 Å². The molecule has 2 heteroatoms. The minimum atomic E-state index is 0.709. The molecule has 3 heterocycles. The largest absolute Gasteiger partial charge is 0.384 e. The molecule has 0 saturated carbocycles. The average molecular weight is 336 g/mol. The van der Waals surface area contributed by atoms with Gasteiger partial charge in [-0.05, 0) is 40.5 Å². The second-order valence-corrected chi connectivity index (χ2v) is 7.39. The van der Waals surface area contributed by atoms with Crippen molar-refractivity contribution in [1.82, 2.24) is 0 Å². The summed E-state index contributed by atoms with van der Waals surface area (Å²) in [5.74, 6) is 0. The molecule has 0 aliphatic carbocycles. The van der Waals surface area contributed by atoms with Gasteiger partial charge in [0.15, 0.2) is 0 Å². The fraction of sp³-hybridized carbons (Fsp3) is 0.167. The van der Waals surface area contributed by atoms with E-state index in [0.717, 1.165) is 13.0 Å². The van der Waals surface area contributed by atoms with Crippen LogP contribution in [0.2, 0.25) is 0 Å². The molecule has 2 nitrogen and oxygen atoms in total. The molecule has 0 spiro atoms. The van der Waals surface area contributed by atoms with Gasteiger partial charge in [-0.15, -0.1) is 0 Å². The molecule has 1 fully saturated rings. The van der Waals surface area contributed by atoms with Crippen molar-refractivity contribution in [2.75, 3.05) is 23.3 Å². The van der Waals surface area contributed by atoms with E-state index in [4.69, 9.17) is 0 Å². The van der Waals surface area contributed by atoms with Crippen molar-refractivity contribution in [2.24, 2.45) is 0 Å². The van der Waals surface area contributed by atoms with E-state index >= 15 is 0 Å². The maximum absolute atomic E-state index is 3.43. The fourth-order valence-electron chi connectivity index (χ4n) is 4.64. The van der Waals surface area contributed by atoms with E-state index in [-0.39, 0.29) is 0 Å². The van der Waals surface area contributed by atoms with Crippen LogP contribution >= 0.6 is 0 Å². The second-order valence-electron chi connectivity index (χ2n) is 7.39. The zero-order valence-corrected chi connectivity index (χ0v) is 14.6. The van der Waals surface area contributed by atoms with E-state index in [2.05, 4.69) is 83.0 Å². The van der Waals surface area contributed by atoms with Crippen molar-refractivity contribution in [3.8, 4) is 0 Å². The van der Waals surface area contributed by atoms with Gasteiger partial charge >= 0.3 is 0 Å². The summed E-state index contributed by atoms with van der Waals surface area (Å²) in [7, 11) is 0. The smallest absolute Gasteiger partial charge is 0.0725 e. The summed E-state index contributed by atoms with van der Waals surface area (Å²) >= 11 is 0. The fourth-order valence-corrected chi connectivity index (χ4v) is 4.64. The lowest BCUT2D eigenvalue weighted by molar-refractivity contribution is 1.01. The van der Waals surface area contributed by atoms with Crippen LogP contribution < -0.4 is 10.2 Å². The third-order valence-electron chi connectivity index (χ3n) is 5.90. The first-order chi connectivity index (χ1) is 12.9. The number of fused-ring (bicyclic) bond motifs is 3. The van der Waals surface area contributed by atoms with E-state index in [0.29, 0.717) is 6.04 Å². The molecule has 0 bridgehead atoms. The minimum absolute atomic E-state index is 0.709. The van der Waals surface area contributed by atoms with Gasteiger partial charge in [0.05, 0.1) is 6.04 Å². The van der Waals surface area contributed by atoms with Gasteiger partial charge in [0, 0.05) is 35.2 Å². The predicted octanol–water partition coefficient (Wildman–Crippen LogP) is 5.52. The van der Waals surface area contributed by atoms with E-state index in [9.17, 15) is 0 Å². The summed E-state index contributed by atoms with van der Waals surface area (Å²) in [6.45, 7) is 2.30. The zero-order chi connectivity index (χ0) is 17.1. The first-order valence-corrected chi connectivity index (χ1v) is 9.43. The Bertz CT molecular complexity index is 1060. The molecule has 3 aliphatic heterocycles. The van der Waals surface area contributed by atoms with Crippen LogP contribution in [0.5, 0.6) is 0 Å². The number of rotatable bonds is 0. The van der Waals surface area contributed by atoms with Gasteiger partial charge in [0.2, 0.25) is 0 Å². The Morgan fingerprint density at radius 1 is 0.769 bits per heavy atom. The van der Waals surface area contributed by atoms with Crippen molar-refractivity contribution in [2.45, 2.75) is 12.5 Å². The van der Waals surface area contributed by atoms with Crippen LogP contribution in [0.4, 0.5) is 11.4 Å². The highest BCUT2D eigenvalue weighted by atomic mass is 15.3. The van der Waals surface area contributed by atoms with Gasteiger partial charge in [-0.1, -0.05) is 60.7 Å². The van der Waals surface area contributed by atoms with E-state index in [1.54, 1.807) is 0 Å². The minimum Gasteiger partial charge on any atom is -0.384 e. The molecule has 126 valence electrons. The topological polar surface area (TPSA) is 15.0 Å². The Labute approximate surface area is 153 Å². The number of nitrogens with zero attached hydrogens (tertiary/aromatic N) is 1. The van der Waals surface area contributed by atoms with Crippen LogP contribution in [0.15, 0.2) is 72.8 Å². The first-order valence-electron chi connectivity index (χ1n) is 9.43. The molecular weight excluding hydrogens is 316 g/mol. The maximum Gasteiger partial charge on any atom is 0.0725 e. The molecule has 3 aliphatic rings. The molecule has 0 amide bonds. The molecule has 26 heavy (non-hydrogen) atoms. The Balaban J connectivity index is 0.000000106. The maximum atomic E-state index is 3.43. The summed E-state index contributed by atoms with van der Waals surface area (Å²) in [5, 5.41) is 9.07. The number of benzene rings is 4. The first kappa shape index (κ1) is 14.2. The van der Waals surface area contributed by atoms with E-state index in [1.807, 2.05) is 0 Å². The van der Waals surface area contributed by atoms with Crippen molar-refractivity contribution in [1.29, 1.82) is 0 Å². The SMILES string of the molecule is c1cc2c3c(cccc3c1)N1CC21.c1cc2c3c(cccc3c1)NCC2. The van der Waals surface area contributed by atoms with Crippen molar-refractivity contribution < 1.29 is 0 Å². The molecule has 4 aromatic carbocycles. The summed E-state index contributed by atoms with van der Waals surface area (Å²) in [6.07, 6.45) is 1.15. The lowest BCUT2D eigenvalue weighted by Crippen LogP contribution is -2.10. The van der Waals surface area contributed by atoms with Gasteiger partial charge in [0.25, 0.3) is 0 Å². The van der Waals surface area contributed by atoms with Gasteiger partial charge in [-0.25, -0.2) is 0 Å². The van der Waals surface area contributed by atoms with Gasteiger partial charge in [-0.3, -0.25) is 0 Å². The highest BCUT2D eigenvalue weighted by Gasteiger charge is 2.42.